The van der Waals surface area contributed by atoms with Gasteiger partial charge in [0.1, 0.15) is 24.7 Å². The smallest absolute Gasteiger partial charge is 0.148 e. The van der Waals surface area contributed by atoms with Gasteiger partial charge in [-0.15, -0.1) is 12.8 Å². The Morgan fingerprint density at radius 1 is 0.829 bits per heavy atom. The molecule has 2 heteroatoms. The molecule has 0 N–H and O–H groups in total. The quantitative estimate of drug-likeness (QED) is 0.153. The zero-order chi connectivity index (χ0) is 30.1. The third kappa shape index (κ3) is 7.39. The fraction of sp³-hybridized carbons (Fsp3) is 0.179. The van der Waals surface area contributed by atoms with Crippen molar-refractivity contribution in [1.82, 2.24) is 0 Å². The van der Waals surface area contributed by atoms with Gasteiger partial charge in [0.15, 0.2) is 0 Å². The lowest BCUT2D eigenvalue weighted by Gasteiger charge is -2.34. The first-order valence-corrected chi connectivity index (χ1v) is 13.8. The van der Waals surface area contributed by atoms with Crippen LogP contribution in [0.4, 0.5) is 0 Å². The van der Waals surface area contributed by atoms with Gasteiger partial charge in [-0.05, 0) is 65.4 Å². The van der Waals surface area contributed by atoms with E-state index in [9.17, 15) is 0 Å². The summed E-state index contributed by atoms with van der Waals surface area (Å²) in [5, 5.41) is 0. The molecule has 0 fully saturated rings. The lowest BCUT2D eigenvalue weighted by atomic mass is 9.67. The second-order valence-corrected chi connectivity index (χ2v) is 8.66. The molecule has 0 saturated heterocycles. The van der Waals surface area contributed by atoms with Crippen LogP contribution in [-0.4, -0.2) is 13.2 Å². The van der Waals surface area contributed by atoms with E-state index >= 15 is 0 Å². The van der Waals surface area contributed by atoms with Crippen LogP contribution in [0.25, 0.3) is 11.1 Å². The lowest BCUT2D eigenvalue weighted by molar-refractivity contribution is 0.269. The maximum absolute atomic E-state index is 5.64. The van der Waals surface area contributed by atoms with Crippen molar-refractivity contribution >= 4 is 0 Å². The molecule has 0 heterocycles. The van der Waals surface area contributed by atoms with Gasteiger partial charge in [0, 0.05) is 0 Å². The topological polar surface area (TPSA) is 18.5 Å². The SMILES string of the molecule is C#CCOC(=C)/C=C\C(=C/C)C1(c2ccc(OCC#C)cc2)c2ccccc2-c2ccccc21.C=C/C=C\C.CC. The van der Waals surface area contributed by atoms with Gasteiger partial charge in [0.2, 0.25) is 0 Å². The van der Waals surface area contributed by atoms with Crippen molar-refractivity contribution in [3.63, 3.8) is 0 Å². The van der Waals surface area contributed by atoms with E-state index in [0.717, 1.165) is 16.9 Å². The zero-order valence-electron chi connectivity index (χ0n) is 24.7. The molecule has 1 aliphatic rings. The first-order valence-electron chi connectivity index (χ1n) is 13.8. The monoisotopic (exact) mass is 540 g/mol. The number of hydrogen-bond acceptors (Lipinski definition) is 2. The molecule has 0 amide bonds. The van der Waals surface area contributed by atoms with Crippen molar-refractivity contribution in [1.29, 1.82) is 0 Å². The van der Waals surface area contributed by atoms with E-state index in [-0.39, 0.29) is 13.2 Å². The van der Waals surface area contributed by atoms with Crippen LogP contribution in [0.5, 0.6) is 5.75 Å². The van der Waals surface area contributed by atoms with Crippen molar-refractivity contribution < 1.29 is 9.47 Å². The molecule has 208 valence electrons. The normalized spacial score (nSPS) is 12.4. The largest absolute Gasteiger partial charge is 0.482 e. The van der Waals surface area contributed by atoms with Crippen LogP contribution in [0.3, 0.4) is 0 Å². The molecule has 41 heavy (non-hydrogen) atoms. The highest BCUT2D eigenvalue weighted by Crippen LogP contribution is 2.56. The molecule has 0 unspecified atom stereocenters. The van der Waals surface area contributed by atoms with Gasteiger partial charge >= 0.3 is 0 Å². The molecule has 3 aromatic rings. The Balaban J connectivity index is 0.000000759. The van der Waals surface area contributed by atoms with Crippen molar-refractivity contribution in [3.8, 4) is 41.6 Å². The molecule has 0 spiro atoms. The summed E-state index contributed by atoms with van der Waals surface area (Å²) in [5.41, 5.74) is 6.61. The van der Waals surface area contributed by atoms with Crippen LogP contribution >= 0.6 is 0 Å². The van der Waals surface area contributed by atoms with E-state index in [1.54, 1.807) is 6.08 Å². The van der Waals surface area contributed by atoms with Gasteiger partial charge < -0.3 is 9.47 Å². The first kappa shape index (κ1) is 32.3. The van der Waals surface area contributed by atoms with Crippen LogP contribution in [0.2, 0.25) is 0 Å². The van der Waals surface area contributed by atoms with Gasteiger partial charge in [-0.2, -0.15) is 0 Å². The fourth-order valence-corrected chi connectivity index (χ4v) is 4.89. The number of benzene rings is 3. The third-order valence-corrected chi connectivity index (χ3v) is 6.42. The summed E-state index contributed by atoms with van der Waals surface area (Å²) in [6.45, 7) is 15.9. The Labute approximate surface area is 247 Å². The number of fused-ring (bicyclic) bond motifs is 3. The van der Waals surface area contributed by atoms with Crippen molar-refractivity contribution in [2.24, 2.45) is 0 Å². The summed E-state index contributed by atoms with van der Waals surface area (Å²) >= 11 is 0. The molecule has 4 rings (SSSR count). The van der Waals surface area contributed by atoms with Gasteiger partial charge in [0.25, 0.3) is 0 Å². The van der Waals surface area contributed by atoms with Crippen molar-refractivity contribution in [2.75, 3.05) is 13.2 Å². The van der Waals surface area contributed by atoms with Crippen molar-refractivity contribution in [3.05, 3.63) is 150 Å². The third-order valence-electron chi connectivity index (χ3n) is 6.42. The minimum Gasteiger partial charge on any atom is -0.482 e. The Morgan fingerprint density at radius 2 is 1.39 bits per heavy atom. The number of rotatable bonds is 9. The standard InChI is InChI=1S/C32H26O2.C5H8.C2H6/c1-5-22-33-24(4)16-17-25(7-3)32(26-18-20-27(21-19-26)34-23-6-2)30-14-10-8-12-28(30)29-13-9-11-15-31(29)32;1-3-5-4-2;1-2/h1-2,7-21H,4,22-23H2,3H3;3-5H,1H2,2H3;1-2H3/b17-16-,25-7+;5-4-;. The van der Waals surface area contributed by atoms with Crippen LogP contribution < -0.4 is 4.74 Å². The second-order valence-electron chi connectivity index (χ2n) is 8.66. The number of ether oxygens (including phenoxy) is 2. The van der Waals surface area contributed by atoms with Crippen LogP contribution in [0.1, 0.15) is 44.4 Å². The van der Waals surface area contributed by atoms with Gasteiger partial charge in [0.05, 0.1) is 5.41 Å². The molecule has 0 radical (unpaired) electrons. The van der Waals surface area contributed by atoms with Crippen LogP contribution in [0.15, 0.2) is 134 Å². The Kier molecular flexibility index (Phi) is 13.3. The van der Waals surface area contributed by atoms with Gasteiger partial charge in [-0.1, -0.05) is 130 Å². The molecular formula is C39H40O2. The average molecular weight is 541 g/mol. The maximum Gasteiger partial charge on any atom is 0.148 e. The number of hydrogen-bond donors (Lipinski definition) is 0. The number of terminal acetylenes is 2. The molecule has 3 aromatic carbocycles. The highest BCUT2D eigenvalue weighted by Gasteiger charge is 2.46. The minimum atomic E-state index is -0.518. The Morgan fingerprint density at radius 3 is 1.85 bits per heavy atom. The zero-order valence-corrected chi connectivity index (χ0v) is 24.7. The first-order chi connectivity index (χ1) is 20.1. The van der Waals surface area contributed by atoms with E-state index in [0.29, 0.717) is 5.76 Å². The summed E-state index contributed by atoms with van der Waals surface area (Å²) in [5.74, 6) is 6.25. The molecule has 0 aliphatic heterocycles. The molecular weight excluding hydrogens is 500 g/mol. The summed E-state index contributed by atoms with van der Waals surface area (Å²) < 4.78 is 11.1. The minimum absolute atomic E-state index is 0.185. The van der Waals surface area contributed by atoms with Gasteiger partial charge in [-0.25, -0.2) is 0 Å². The lowest BCUT2D eigenvalue weighted by Crippen LogP contribution is -2.29. The van der Waals surface area contributed by atoms with E-state index in [2.05, 4.69) is 105 Å². The fourth-order valence-electron chi connectivity index (χ4n) is 4.89. The maximum atomic E-state index is 5.64. The van der Waals surface area contributed by atoms with E-state index < -0.39 is 5.41 Å². The molecule has 0 saturated carbocycles. The predicted molar refractivity (Wildman–Crippen MR) is 176 cm³/mol. The predicted octanol–water partition coefficient (Wildman–Crippen LogP) is 9.45. The molecule has 0 atom stereocenters. The molecule has 1 aliphatic carbocycles. The molecule has 2 nitrogen and oxygen atoms in total. The van der Waals surface area contributed by atoms with Gasteiger partial charge in [-0.3, -0.25) is 0 Å². The van der Waals surface area contributed by atoms with E-state index in [4.69, 9.17) is 22.3 Å². The van der Waals surface area contributed by atoms with Crippen LogP contribution in [-0.2, 0) is 10.2 Å². The van der Waals surface area contributed by atoms with Crippen LogP contribution in [0, 0.1) is 24.7 Å². The Bertz CT molecular complexity index is 1420. The highest BCUT2D eigenvalue weighted by molar-refractivity contribution is 5.86. The summed E-state index contributed by atoms with van der Waals surface area (Å²) in [6, 6.07) is 25.3. The Hall–Kier alpha value is -4.92. The summed E-state index contributed by atoms with van der Waals surface area (Å²) in [6.07, 6.45) is 22.4. The second kappa shape index (κ2) is 16.9. The number of allylic oxidation sites excluding steroid dienone is 7. The molecule has 0 bridgehead atoms. The van der Waals surface area contributed by atoms with E-state index in [1.807, 2.05) is 51.1 Å². The summed E-state index contributed by atoms with van der Waals surface area (Å²) in [4.78, 5) is 0. The summed E-state index contributed by atoms with van der Waals surface area (Å²) in [7, 11) is 0. The van der Waals surface area contributed by atoms with Crippen molar-refractivity contribution in [2.45, 2.75) is 33.1 Å². The van der Waals surface area contributed by atoms with E-state index in [1.165, 1.54) is 22.3 Å². The highest BCUT2D eigenvalue weighted by atomic mass is 16.5. The average Bonchev–Trinajstić information content (AvgIpc) is 3.32. The molecule has 0 aromatic heterocycles.